The molecule has 3 nitrogen and oxygen atoms in total. The van der Waals surface area contributed by atoms with Crippen molar-refractivity contribution in [1.82, 2.24) is 5.32 Å². The van der Waals surface area contributed by atoms with E-state index in [2.05, 4.69) is 5.32 Å². The van der Waals surface area contributed by atoms with Crippen LogP contribution in [0.25, 0.3) is 0 Å². The average molecular weight is 248 g/mol. The number of halogens is 1. The lowest BCUT2D eigenvalue weighted by Gasteiger charge is -2.13. The van der Waals surface area contributed by atoms with Gasteiger partial charge in [-0.2, -0.15) is 0 Å². The number of carbonyl (C=O) groups is 1. The summed E-state index contributed by atoms with van der Waals surface area (Å²) in [6, 6.07) is 4.06. The molecule has 1 aromatic rings. The fourth-order valence-electron chi connectivity index (χ4n) is 1.40. The van der Waals surface area contributed by atoms with Crippen LogP contribution in [0.5, 0.6) is 0 Å². The topological polar surface area (TPSA) is 49.3 Å². The highest BCUT2D eigenvalue weighted by Gasteiger charge is 2.11. The van der Waals surface area contributed by atoms with Gasteiger partial charge in [0, 0.05) is 17.3 Å². The second-order valence-electron chi connectivity index (χ2n) is 3.27. The molecule has 84 valence electrons. The molecule has 0 aliphatic carbocycles. The van der Waals surface area contributed by atoms with E-state index >= 15 is 0 Å². The van der Waals surface area contributed by atoms with Crippen LogP contribution in [-0.4, -0.2) is 18.1 Å². The van der Waals surface area contributed by atoms with E-state index in [9.17, 15) is 4.79 Å². The summed E-state index contributed by atoms with van der Waals surface area (Å²) >= 11 is 7.38. The van der Waals surface area contributed by atoms with E-state index in [1.54, 1.807) is 0 Å². The number of rotatable bonds is 6. The molecular formula is C10H14ClNO2S. The zero-order chi connectivity index (χ0) is 11.3. The van der Waals surface area contributed by atoms with Crippen molar-refractivity contribution in [2.24, 2.45) is 0 Å². The molecule has 1 atom stereocenters. The van der Waals surface area contributed by atoms with Gasteiger partial charge >= 0.3 is 5.97 Å². The molecule has 2 N–H and O–H groups in total. The molecule has 5 heteroatoms. The normalized spacial score (nSPS) is 12.7. The van der Waals surface area contributed by atoms with Gasteiger partial charge in [-0.15, -0.1) is 11.3 Å². The molecule has 0 fully saturated rings. The van der Waals surface area contributed by atoms with Gasteiger partial charge in [-0.1, -0.05) is 11.6 Å². The number of aliphatic carboxylic acids is 1. The van der Waals surface area contributed by atoms with E-state index in [4.69, 9.17) is 16.7 Å². The first kappa shape index (κ1) is 12.5. The molecular weight excluding hydrogens is 234 g/mol. The first-order valence-electron chi connectivity index (χ1n) is 4.77. The lowest BCUT2D eigenvalue weighted by Crippen LogP contribution is -2.15. The highest BCUT2D eigenvalue weighted by molar-refractivity contribution is 7.16. The van der Waals surface area contributed by atoms with Gasteiger partial charge in [-0.25, -0.2) is 0 Å². The molecule has 15 heavy (non-hydrogen) atoms. The number of carboxylic acid groups (broad SMARTS) is 1. The maximum Gasteiger partial charge on any atom is 0.303 e. The molecule has 0 aliphatic rings. The number of thiophene rings is 1. The van der Waals surface area contributed by atoms with Crippen LogP contribution in [0.1, 0.15) is 30.2 Å². The third-order valence-electron chi connectivity index (χ3n) is 2.17. The van der Waals surface area contributed by atoms with Crippen LogP contribution in [0.15, 0.2) is 12.1 Å². The van der Waals surface area contributed by atoms with Crippen LogP contribution in [0, 0.1) is 0 Å². The first-order chi connectivity index (χ1) is 7.13. The molecule has 0 amide bonds. The summed E-state index contributed by atoms with van der Waals surface area (Å²) < 4.78 is 0.767. The SMILES string of the molecule is CNC(CCCC(=O)O)c1ccc(Cl)s1. The minimum Gasteiger partial charge on any atom is -0.481 e. The summed E-state index contributed by atoms with van der Waals surface area (Å²) in [6.45, 7) is 0. The summed E-state index contributed by atoms with van der Waals surface area (Å²) in [7, 11) is 1.87. The Hall–Kier alpha value is -0.580. The smallest absolute Gasteiger partial charge is 0.303 e. The molecule has 0 saturated carbocycles. The Balaban J connectivity index is 2.45. The Bertz CT molecular complexity index is 327. The molecule has 1 heterocycles. The van der Waals surface area contributed by atoms with E-state index in [-0.39, 0.29) is 12.5 Å². The van der Waals surface area contributed by atoms with Crippen LogP contribution < -0.4 is 5.32 Å². The molecule has 0 bridgehead atoms. The molecule has 0 radical (unpaired) electrons. The van der Waals surface area contributed by atoms with Crippen LogP contribution in [-0.2, 0) is 4.79 Å². The van der Waals surface area contributed by atoms with Crippen molar-refractivity contribution in [2.45, 2.75) is 25.3 Å². The number of carboxylic acids is 1. The van der Waals surface area contributed by atoms with Crippen molar-refractivity contribution in [3.05, 3.63) is 21.3 Å². The molecule has 0 aliphatic heterocycles. The standard InChI is InChI=1S/C10H14ClNO2S/c1-12-7(3-2-4-10(13)14)8-5-6-9(11)15-8/h5-7,12H,2-4H2,1H3,(H,13,14). The second kappa shape index (κ2) is 6.10. The third-order valence-corrected chi connectivity index (χ3v) is 3.51. The maximum atomic E-state index is 10.4. The quantitative estimate of drug-likeness (QED) is 0.813. The Kier molecular flexibility index (Phi) is 5.08. The first-order valence-corrected chi connectivity index (χ1v) is 5.97. The number of hydrogen-bond donors (Lipinski definition) is 2. The van der Waals surface area contributed by atoms with Crippen molar-refractivity contribution in [3.63, 3.8) is 0 Å². The van der Waals surface area contributed by atoms with Gasteiger partial charge in [0.05, 0.1) is 4.34 Å². The molecule has 0 aromatic carbocycles. The van der Waals surface area contributed by atoms with Gasteiger partial charge in [0.2, 0.25) is 0 Å². The summed E-state index contributed by atoms with van der Waals surface area (Å²) in [5.74, 6) is -0.742. The zero-order valence-corrected chi connectivity index (χ0v) is 10.1. The predicted octanol–water partition coefficient (Wildman–Crippen LogP) is 2.92. The van der Waals surface area contributed by atoms with Gasteiger partial charge in [-0.3, -0.25) is 4.79 Å². The molecule has 0 spiro atoms. The number of hydrogen-bond acceptors (Lipinski definition) is 3. The van der Waals surface area contributed by atoms with Gasteiger partial charge in [0.15, 0.2) is 0 Å². The Labute approximate surface area is 98.1 Å². The van der Waals surface area contributed by atoms with Crippen molar-refractivity contribution < 1.29 is 9.90 Å². The van der Waals surface area contributed by atoms with Gasteiger partial charge in [0.1, 0.15) is 0 Å². The molecule has 1 aromatic heterocycles. The lowest BCUT2D eigenvalue weighted by molar-refractivity contribution is -0.137. The minimum absolute atomic E-state index is 0.210. The Morgan fingerprint density at radius 3 is 2.87 bits per heavy atom. The third kappa shape index (κ3) is 4.20. The van der Waals surface area contributed by atoms with Crippen molar-refractivity contribution in [1.29, 1.82) is 0 Å². The largest absolute Gasteiger partial charge is 0.481 e. The zero-order valence-electron chi connectivity index (χ0n) is 8.50. The van der Waals surface area contributed by atoms with E-state index in [1.807, 2.05) is 19.2 Å². The van der Waals surface area contributed by atoms with Crippen LogP contribution >= 0.6 is 22.9 Å². The van der Waals surface area contributed by atoms with Crippen LogP contribution in [0.3, 0.4) is 0 Å². The lowest BCUT2D eigenvalue weighted by atomic mass is 10.1. The van der Waals surface area contributed by atoms with Crippen molar-refractivity contribution in [2.75, 3.05) is 7.05 Å². The molecule has 0 saturated heterocycles. The monoisotopic (exact) mass is 247 g/mol. The summed E-state index contributed by atoms with van der Waals surface area (Å²) in [5, 5.41) is 11.7. The van der Waals surface area contributed by atoms with Crippen molar-refractivity contribution >= 4 is 28.9 Å². The Morgan fingerprint density at radius 1 is 1.67 bits per heavy atom. The van der Waals surface area contributed by atoms with Gasteiger partial charge in [-0.05, 0) is 32.0 Å². The number of nitrogens with one attached hydrogen (secondary N) is 1. The van der Waals surface area contributed by atoms with E-state index < -0.39 is 5.97 Å². The van der Waals surface area contributed by atoms with E-state index in [0.29, 0.717) is 6.42 Å². The second-order valence-corrected chi connectivity index (χ2v) is 5.02. The summed E-state index contributed by atoms with van der Waals surface area (Å²) in [6.07, 6.45) is 1.72. The Morgan fingerprint density at radius 2 is 2.40 bits per heavy atom. The molecule has 1 unspecified atom stereocenters. The summed E-state index contributed by atoms with van der Waals surface area (Å²) in [5.41, 5.74) is 0. The fraction of sp³-hybridized carbons (Fsp3) is 0.500. The maximum absolute atomic E-state index is 10.4. The van der Waals surface area contributed by atoms with Gasteiger partial charge in [0.25, 0.3) is 0 Å². The fourth-order valence-corrected chi connectivity index (χ4v) is 2.61. The van der Waals surface area contributed by atoms with Crippen LogP contribution in [0.4, 0.5) is 0 Å². The highest BCUT2D eigenvalue weighted by Crippen LogP contribution is 2.29. The highest BCUT2D eigenvalue weighted by atomic mass is 35.5. The van der Waals surface area contributed by atoms with Gasteiger partial charge < -0.3 is 10.4 Å². The van der Waals surface area contributed by atoms with Crippen molar-refractivity contribution in [3.8, 4) is 0 Å². The predicted molar refractivity (Wildman–Crippen MR) is 62.6 cm³/mol. The molecule has 1 rings (SSSR count). The van der Waals surface area contributed by atoms with Crippen LogP contribution in [0.2, 0.25) is 4.34 Å². The summed E-state index contributed by atoms with van der Waals surface area (Å²) in [4.78, 5) is 11.5. The minimum atomic E-state index is -0.742. The van der Waals surface area contributed by atoms with E-state index in [0.717, 1.165) is 15.6 Å². The van der Waals surface area contributed by atoms with E-state index in [1.165, 1.54) is 11.3 Å². The average Bonchev–Trinajstić information content (AvgIpc) is 2.59.